The van der Waals surface area contributed by atoms with E-state index in [0.29, 0.717) is 18.8 Å². The Balaban J connectivity index is 2.05. The molecule has 19 heavy (non-hydrogen) atoms. The maximum Gasteiger partial charge on any atom is 0.338 e. The average molecular weight is 262 g/mol. The van der Waals surface area contributed by atoms with Crippen LogP contribution in [-0.2, 0) is 13.1 Å². The number of carbonyl (C=O) groups is 1. The highest BCUT2D eigenvalue weighted by Crippen LogP contribution is 2.11. The van der Waals surface area contributed by atoms with Gasteiger partial charge < -0.3 is 19.4 Å². The summed E-state index contributed by atoms with van der Waals surface area (Å²) < 4.78 is 6.69. The lowest BCUT2D eigenvalue weighted by atomic mass is 10.3. The molecule has 0 aromatic carbocycles. The van der Waals surface area contributed by atoms with Crippen molar-refractivity contribution in [2.75, 3.05) is 5.32 Å². The fourth-order valence-electron chi connectivity index (χ4n) is 1.66. The van der Waals surface area contributed by atoms with Gasteiger partial charge >= 0.3 is 5.97 Å². The number of aryl methyl sites for hydroxylation is 1. The number of aromatic nitrogens is 1. The van der Waals surface area contributed by atoms with Gasteiger partial charge in [-0.25, -0.2) is 4.79 Å². The monoisotopic (exact) mass is 262 g/mol. The highest BCUT2D eigenvalue weighted by Gasteiger charge is 2.07. The van der Waals surface area contributed by atoms with E-state index in [9.17, 15) is 9.59 Å². The van der Waals surface area contributed by atoms with Gasteiger partial charge in [0.2, 0.25) is 0 Å². The quantitative estimate of drug-likeness (QED) is 0.857. The smallest absolute Gasteiger partial charge is 0.338 e. The first-order chi connectivity index (χ1) is 9.10. The zero-order valence-electron chi connectivity index (χ0n) is 10.4. The van der Waals surface area contributed by atoms with Gasteiger partial charge in [0.05, 0.1) is 17.8 Å². The summed E-state index contributed by atoms with van der Waals surface area (Å²) in [4.78, 5) is 22.1. The highest BCUT2D eigenvalue weighted by molar-refractivity contribution is 5.87. The fourth-order valence-corrected chi connectivity index (χ4v) is 1.66. The van der Waals surface area contributed by atoms with Gasteiger partial charge in [0, 0.05) is 18.8 Å². The first kappa shape index (κ1) is 12.9. The zero-order valence-corrected chi connectivity index (χ0v) is 10.4. The second-order valence-corrected chi connectivity index (χ2v) is 4.00. The summed E-state index contributed by atoms with van der Waals surface area (Å²) in [5.41, 5.74) is 0.837. The van der Waals surface area contributed by atoms with Crippen LogP contribution in [0.15, 0.2) is 39.9 Å². The summed E-state index contributed by atoms with van der Waals surface area (Å²) in [7, 11) is 0. The molecule has 0 atom stereocenters. The Morgan fingerprint density at radius 1 is 1.47 bits per heavy atom. The molecule has 2 aromatic rings. The van der Waals surface area contributed by atoms with Gasteiger partial charge in [-0.2, -0.15) is 0 Å². The number of hydrogen-bond acceptors (Lipinski definition) is 4. The zero-order chi connectivity index (χ0) is 13.8. The molecule has 0 unspecified atom stereocenters. The molecule has 0 amide bonds. The van der Waals surface area contributed by atoms with Crippen LogP contribution in [0.5, 0.6) is 0 Å². The minimum Gasteiger partial charge on any atom is -0.478 e. The van der Waals surface area contributed by atoms with Gasteiger partial charge in [-0.05, 0) is 19.1 Å². The lowest BCUT2D eigenvalue weighted by Gasteiger charge is -2.07. The van der Waals surface area contributed by atoms with Crippen LogP contribution >= 0.6 is 0 Å². The summed E-state index contributed by atoms with van der Waals surface area (Å²) in [5, 5.41) is 11.8. The molecule has 0 saturated heterocycles. The van der Waals surface area contributed by atoms with Crippen molar-refractivity contribution in [1.29, 1.82) is 0 Å². The highest BCUT2D eigenvalue weighted by atomic mass is 16.4. The van der Waals surface area contributed by atoms with Gasteiger partial charge in [-0.15, -0.1) is 0 Å². The number of anilines is 1. The van der Waals surface area contributed by atoms with Crippen molar-refractivity contribution in [2.24, 2.45) is 0 Å². The number of furan rings is 1. The van der Waals surface area contributed by atoms with Gasteiger partial charge in [-0.1, -0.05) is 0 Å². The molecule has 2 rings (SSSR count). The molecular formula is C13H14N2O4. The predicted molar refractivity (Wildman–Crippen MR) is 69.4 cm³/mol. The SMILES string of the molecule is CCn1cc(NCc2cc(C(=O)O)co2)ccc1=O. The number of rotatable bonds is 5. The molecule has 6 heteroatoms. The fraction of sp³-hybridized carbons (Fsp3) is 0.231. The van der Waals surface area contributed by atoms with Gasteiger partial charge in [0.25, 0.3) is 5.56 Å². The lowest BCUT2D eigenvalue weighted by Crippen LogP contribution is -2.17. The van der Waals surface area contributed by atoms with Crippen molar-refractivity contribution in [2.45, 2.75) is 20.0 Å². The third kappa shape index (κ3) is 3.04. The van der Waals surface area contributed by atoms with Gasteiger partial charge in [0.15, 0.2) is 0 Å². The maximum absolute atomic E-state index is 11.4. The first-order valence-corrected chi connectivity index (χ1v) is 5.85. The van der Waals surface area contributed by atoms with E-state index in [1.165, 1.54) is 18.4 Å². The number of carboxylic acids is 1. The van der Waals surface area contributed by atoms with Crippen molar-refractivity contribution in [3.63, 3.8) is 0 Å². The van der Waals surface area contributed by atoms with Crippen molar-refractivity contribution >= 4 is 11.7 Å². The molecule has 0 spiro atoms. The number of pyridine rings is 1. The Morgan fingerprint density at radius 3 is 2.89 bits per heavy atom. The van der Waals surface area contributed by atoms with E-state index in [4.69, 9.17) is 9.52 Å². The van der Waals surface area contributed by atoms with E-state index < -0.39 is 5.97 Å². The third-order valence-corrected chi connectivity index (χ3v) is 2.69. The van der Waals surface area contributed by atoms with Crippen LogP contribution in [0.25, 0.3) is 0 Å². The number of nitrogens with zero attached hydrogens (tertiary/aromatic N) is 1. The molecule has 2 aromatic heterocycles. The van der Waals surface area contributed by atoms with E-state index >= 15 is 0 Å². The Morgan fingerprint density at radius 2 is 2.26 bits per heavy atom. The average Bonchev–Trinajstić information content (AvgIpc) is 2.87. The minimum absolute atomic E-state index is 0.0563. The Bertz CT molecular complexity index is 642. The summed E-state index contributed by atoms with van der Waals surface area (Å²) in [6.07, 6.45) is 2.91. The molecule has 2 N–H and O–H groups in total. The van der Waals surface area contributed by atoms with Crippen LogP contribution in [0.3, 0.4) is 0 Å². The molecule has 0 aliphatic rings. The van der Waals surface area contributed by atoms with Crippen LogP contribution in [0.1, 0.15) is 23.0 Å². The first-order valence-electron chi connectivity index (χ1n) is 5.85. The van der Waals surface area contributed by atoms with Crippen molar-refractivity contribution in [3.8, 4) is 0 Å². The third-order valence-electron chi connectivity index (χ3n) is 2.69. The summed E-state index contributed by atoms with van der Waals surface area (Å²) in [6.45, 7) is 2.84. The van der Waals surface area contributed by atoms with Crippen LogP contribution in [0, 0.1) is 0 Å². The predicted octanol–water partition coefficient (Wildman–Crippen LogP) is 1.77. The number of nitrogens with one attached hydrogen (secondary N) is 1. The molecule has 0 fully saturated rings. The van der Waals surface area contributed by atoms with E-state index in [1.807, 2.05) is 6.92 Å². The van der Waals surface area contributed by atoms with E-state index in [2.05, 4.69) is 5.32 Å². The Kier molecular flexibility index (Phi) is 3.70. The molecule has 0 aliphatic carbocycles. The van der Waals surface area contributed by atoms with E-state index in [-0.39, 0.29) is 11.1 Å². The molecular weight excluding hydrogens is 248 g/mol. The Labute approximate surface area is 109 Å². The normalized spacial score (nSPS) is 10.4. The lowest BCUT2D eigenvalue weighted by molar-refractivity contribution is 0.0696. The minimum atomic E-state index is -1.02. The summed E-state index contributed by atoms with van der Waals surface area (Å²) in [5.74, 6) is -0.499. The maximum atomic E-state index is 11.4. The van der Waals surface area contributed by atoms with Crippen molar-refractivity contribution in [3.05, 3.63) is 52.3 Å². The molecule has 0 aliphatic heterocycles. The van der Waals surface area contributed by atoms with Crippen molar-refractivity contribution in [1.82, 2.24) is 4.57 Å². The van der Waals surface area contributed by atoms with Crippen LogP contribution in [0.4, 0.5) is 5.69 Å². The van der Waals surface area contributed by atoms with E-state index in [1.54, 1.807) is 16.8 Å². The number of hydrogen-bond donors (Lipinski definition) is 2. The van der Waals surface area contributed by atoms with Crippen LogP contribution in [-0.4, -0.2) is 15.6 Å². The molecule has 0 bridgehead atoms. The molecule has 100 valence electrons. The summed E-state index contributed by atoms with van der Waals surface area (Å²) >= 11 is 0. The number of carboxylic acid groups (broad SMARTS) is 1. The van der Waals surface area contributed by atoms with Crippen LogP contribution in [0.2, 0.25) is 0 Å². The van der Waals surface area contributed by atoms with Crippen LogP contribution < -0.4 is 10.9 Å². The largest absolute Gasteiger partial charge is 0.478 e. The molecule has 6 nitrogen and oxygen atoms in total. The summed E-state index contributed by atoms with van der Waals surface area (Å²) in [6, 6.07) is 4.62. The second-order valence-electron chi connectivity index (χ2n) is 4.00. The molecule has 0 radical (unpaired) electrons. The van der Waals surface area contributed by atoms with Gasteiger partial charge in [-0.3, -0.25) is 4.79 Å². The van der Waals surface area contributed by atoms with E-state index in [0.717, 1.165) is 5.69 Å². The van der Waals surface area contributed by atoms with Crippen molar-refractivity contribution < 1.29 is 14.3 Å². The molecule has 2 heterocycles. The second kappa shape index (κ2) is 5.43. The standard InChI is InChI=1S/C13H14N2O4/c1-2-15-7-10(3-4-12(15)16)14-6-11-5-9(8-19-11)13(17)18/h3-5,7-8,14H,2,6H2,1H3,(H,17,18). The molecule has 0 saturated carbocycles. The Hall–Kier alpha value is -2.50. The topological polar surface area (TPSA) is 84.5 Å². The van der Waals surface area contributed by atoms with Gasteiger partial charge in [0.1, 0.15) is 12.0 Å². The number of aromatic carboxylic acids is 1.